The molecular formula is C69H115N2O7P. The number of hydrogen-bond acceptors (Lipinski definition) is 7. The second kappa shape index (κ2) is 57.1. The van der Waals surface area contributed by atoms with Crippen LogP contribution in [-0.4, -0.2) is 69.4 Å². The largest absolute Gasteiger partial charge is 0.756 e. The van der Waals surface area contributed by atoms with E-state index in [0.717, 1.165) is 122 Å². The van der Waals surface area contributed by atoms with Gasteiger partial charge in [0.2, 0.25) is 5.91 Å². The van der Waals surface area contributed by atoms with Crippen LogP contribution in [0.4, 0.5) is 0 Å². The number of nitrogens with zero attached hydrogens (tertiary/aromatic N) is 1. The second-order valence-electron chi connectivity index (χ2n) is 21.4. The lowest BCUT2D eigenvalue weighted by Gasteiger charge is -2.30. The Kier molecular flexibility index (Phi) is 54.2. The minimum atomic E-state index is -4.74. The molecule has 0 aromatic heterocycles. The number of nitrogens with one attached hydrogen (secondary N) is 1. The number of quaternary nitrogens is 1. The molecule has 10 heteroatoms. The van der Waals surface area contributed by atoms with Crippen LogP contribution >= 0.6 is 7.82 Å². The number of hydrogen-bond donors (Lipinski definition) is 1. The molecule has 0 aliphatic rings. The van der Waals surface area contributed by atoms with E-state index in [1.807, 2.05) is 39.4 Å². The Hall–Kier alpha value is -4.11. The Morgan fingerprint density at radius 3 is 1.24 bits per heavy atom. The summed E-state index contributed by atoms with van der Waals surface area (Å²) in [6.45, 7) is 6.52. The molecule has 0 aromatic rings. The van der Waals surface area contributed by atoms with Gasteiger partial charge < -0.3 is 28.5 Å². The number of unbranched alkanes of at least 4 members (excludes halogenated alkanes) is 16. The van der Waals surface area contributed by atoms with Crippen LogP contribution in [0.15, 0.2) is 146 Å². The average molecular weight is 1120 g/mol. The van der Waals surface area contributed by atoms with E-state index in [0.29, 0.717) is 23.9 Å². The lowest BCUT2D eigenvalue weighted by Crippen LogP contribution is -2.47. The fourth-order valence-corrected chi connectivity index (χ4v) is 8.76. The molecule has 0 aliphatic carbocycles. The van der Waals surface area contributed by atoms with Crippen LogP contribution in [-0.2, 0) is 27.9 Å². The van der Waals surface area contributed by atoms with Gasteiger partial charge in [-0.25, -0.2) is 0 Å². The molecule has 0 fully saturated rings. The molecule has 0 bridgehead atoms. The van der Waals surface area contributed by atoms with Crippen molar-refractivity contribution in [2.24, 2.45) is 0 Å². The molecule has 79 heavy (non-hydrogen) atoms. The van der Waals surface area contributed by atoms with Gasteiger partial charge in [0.05, 0.1) is 33.8 Å². The summed E-state index contributed by atoms with van der Waals surface area (Å²) in [4.78, 5) is 40.0. The van der Waals surface area contributed by atoms with Gasteiger partial charge in [-0.1, -0.05) is 244 Å². The summed E-state index contributed by atoms with van der Waals surface area (Å²) in [5.74, 6) is -0.672. The first kappa shape index (κ1) is 74.9. The van der Waals surface area contributed by atoms with Crippen molar-refractivity contribution in [2.45, 2.75) is 238 Å². The summed E-state index contributed by atoms with van der Waals surface area (Å²) in [6.07, 6.45) is 82.6. The molecule has 0 spiro atoms. The molecule has 1 N–H and O–H groups in total. The number of amides is 1. The van der Waals surface area contributed by atoms with Crippen LogP contribution in [0.5, 0.6) is 0 Å². The van der Waals surface area contributed by atoms with E-state index in [1.54, 1.807) is 6.08 Å². The number of phosphoric ester groups is 1. The molecule has 3 atom stereocenters. The molecule has 0 saturated heterocycles. The maximum absolute atomic E-state index is 13.5. The standard InChI is InChI=1S/C69H115N2O7P/c1-7-10-13-16-19-22-25-28-30-32-34-35-37-39-41-44-47-50-53-56-59-62-69(73)78-67(60-57-54-51-48-45-42-27-24-21-18-15-12-9-3)66(65-77-79(74,75)76-64-63-71(4,5)6)70-68(72)61-58-55-52-49-46-43-40-38-36-33-31-29-26-23-20-17-14-11-8-2/h10-11,13-14,19-20,22-23,28-31,34-36,38-39,41,43,46,52,55,57,60,66-67H,7-9,12,15-18,21,24-27,32-33,37,40,42,44-45,47-51,53-54,56,58-59,61-65H2,1-6H3,(H-,70,72,74,75)/b13-10-,14-11-,22-19-,23-20-,30-28-,31-29-,35-34-,38-36-,41-39-,46-43-,55-52-,60-57+. The molecule has 0 aliphatic heterocycles. The first-order valence-electron chi connectivity index (χ1n) is 31.1. The van der Waals surface area contributed by atoms with Crippen molar-refractivity contribution in [1.82, 2.24) is 5.32 Å². The van der Waals surface area contributed by atoms with Gasteiger partial charge in [-0.3, -0.25) is 14.2 Å². The van der Waals surface area contributed by atoms with Gasteiger partial charge in [-0.2, -0.15) is 0 Å². The second-order valence-corrected chi connectivity index (χ2v) is 22.9. The van der Waals surface area contributed by atoms with Crippen LogP contribution in [0.1, 0.15) is 226 Å². The lowest BCUT2D eigenvalue weighted by molar-refractivity contribution is -0.870. The number of phosphoric acid groups is 1. The highest BCUT2D eigenvalue weighted by Crippen LogP contribution is 2.38. The Morgan fingerprint density at radius 1 is 0.456 bits per heavy atom. The molecule has 0 heterocycles. The molecule has 0 saturated carbocycles. The van der Waals surface area contributed by atoms with Crippen molar-refractivity contribution >= 4 is 19.7 Å². The summed E-state index contributed by atoms with van der Waals surface area (Å²) in [7, 11) is 1.10. The quantitative estimate of drug-likeness (QED) is 0.0212. The first-order valence-corrected chi connectivity index (χ1v) is 32.6. The van der Waals surface area contributed by atoms with Crippen molar-refractivity contribution in [3.05, 3.63) is 146 Å². The van der Waals surface area contributed by atoms with Gasteiger partial charge in [-0.15, -0.1) is 0 Å². The molecular weight excluding hydrogens is 1000 g/mol. The van der Waals surface area contributed by atoms with E-state index in [4.69, 9.17) is 13.8 Å². The number of carbonyl (C=O) groups is 2. The number of ether oxygens (including phenoxy) is 1. The zero-order chi connectivity index (χ0) is 57.9. The SMILES string of the molecule is CC/C=C\C/C=C\C/C=C\C/C=C\C/C=C\C/C=C\CCC(=O)NC(COP(=O)([O-])OCC[N+](C)(C)C)C(/C=C/CCCCCCCCCCCCC)OC(=O)CCCCCCC/C=C\C/C=C\C/C=C\C/C=C\C/C=C\CC. The van der Waals surface area contributed by atoms with Crippen molar-refractivity contribution < 1.29 is 37.3 Å². The third-order valence-corrected chi connectivity index (χ3v) is 13.7. The number of allylic oxidation sites excluding steroid dienone is 23. The molecule has 3 unspecified atom stereocenters. The lowest BCUT2D eigenvalue weighted by atomic mass is 10.0. The maximum Gasteiger partial charge on any atom is 0.306 e. The van der Waals surface area contributed by atoms with Crippen molar-refractivity contribution in [1.29, 1.82) is 0 Å². The van der Waals surface area contributed by atoms with Crippen molar-refractivity contribution in [3.8, 4) is 0 Å². The molecule has 9 nitrogen and oxygen atoms in total. The van der Waals surface area contributed by atoms with Crippen LogP contribution < -0.4 is 10.2 Å². The fraction of sp³-hybridized carbons (Fsp3) is 0.623. The monoisotopic (exact) mass is 1110 g/mol. The Morgan fingerprint density at radius 2 is 0.823 bits per heavy atom. The van der Waals surface area contributed by atoms with Gasteiger partial charge in [0.1, 0.15) is 19.3 Å². The summed E-state index contributed by atoms with van der Waals surface area (Å²) in [6, 6.07) is -0.949. The van der Waals surface area contributed by atoms with Crippen LogP contribution in [0.25, 0.3) is 0 Å². The summed E-state index contributed by atoms with van der Waals surface area (Å²) < 4.78 is 30.3. The highest BCUT2D eigenvalue weighted by Gasteiger charge is 2.27. The average Bonchev–Trinajstić information content (AvgIpc) is 3.41. The number of esters is 1. The van der Waals surface area contributed by atoms with Gasteiger partial charge in [0.15, 0.2) is 0 Å². The van der Waals surface area contributed by atoms with Crippen LogP contribution in [0.2, 0.25) is 0 Å². The minimum Gasteiger partial charge on any atom is -0.756 e. The van der Waals surface area contributed by atoms with Gasteiger partial charge in [-0.05, 0) is 115 Å². The van der Waals surface area contributed by atoms with E-state index in [9.17, 15) is 19.0 Å². The van der Waals surface area contributed by atoms with E-state index in [1.165, 1.54) is 57.8 Å². The normalized spacial score (nSPS) is 14.7. The zero-order valence-corrected chi connectivity index (χ0v) is 51.9. The highest BCUT2D eigenvalue weighted by atomic mass is 31.2. The van der Waals surface area contributed by atoms with Crippen molar-refractivity contribution in [2.75, 3.05) is 40.9 Å². The predicted octanol–water partition coefficient (Wildman–Crippen LogP) is 18.8. The minimum absolute atomic E-state index is 0.0477. The molecule has 0 rings (SSSR count). The molecule has 0 radical (unpaired) electrons. The van der Waals surface area contributed by atoms with E-state index >= 15 is 0 Å². The summed E-state index contributed by atoms with van der Waals surface area (Å²) in [5.41, 5.74) is 0. The number of carbonyl (C=O) groups excluding carboxylic acids is 2. The Labute approximate surface area is 485 Å². The fourth-order valence-electron chi connectivity index (χ4n) is 8.04. The van der Waals surface area contributed by atoms with E-state index in [2.05, 4.69) is 148 Å². The highest BCUT2D eigenvalue weighted by molar-refractivity contribution is 7.45. The maximum atomic E-state index is 13.5. The van der Waals surface area contributed by atoms with E-state index < -0.39 is 26.6 Å². The third kappa shape index (κ3) is 58.4. The van der Waals surface area contributed by atoms with Crippen molar-refractivity contribution in [3.63, 3.8) is 0 Å². The van der Waals surface area contributed by atoms with Gasteiger partial charge in [0, 0.05) is 12.8 Å². The molecule has 0 aromatic carbocycles. The third-order valence-electron chi connectivity index (χ3n) is 12.8. The first-order chi connectivity index (χ1) is 38.4. The van der Waals surface area contributed by atoms with Crippen LogP contribution in [0.3, 0.4) is 0 Å². The summed E-state index contributed by atoms with van der Waals surface area (Å²) >= 11 is 0. The molecule has 1 amide bonds. The number of likely N-dealkylation sites (N-methyl/N-ethyl adjacent to an activating group) is 1. The zero-order valence-electron chi connectivity index (χ0n) is 51.0. The van der Waals surface area contributed by atoms with Gasteiger partial charge >= 0.3 is 5.97 Å². The Bertz CT molecular complexity index is 1860. The predicted molar refractivity (Wildman–Crippen MR) is 339 cm³/mol. The topological polar surface area (TPSA) is 114 Å². The smallest absolute Gasteiger partial charge is 0.306 e. The number of rotatable bonds is 54. The van der Waals surface area contributed by atoms with Gasteiger partial charge in [0.25, 0.3) is 7.82 Å². The Balaban J connectivity index is 5.45. The van der Waals surface area contributed by atoms with Crippen LogP contribution in [0, 0.1) is 0 Å². The summed E-state index contributed by atoms with van der Waals surface area (Å²) in [5, 5.41) is 2.97. The molecule has 448 valence electrons. The van der Waals surface area contributed by atoms with E-state index in [-0.39, 0.29) is 31.3 Å².